The average Bonchev–Trinajstić information content (AvgIpc) is 3.21. The highest BCUT2D eigenvalue weighted by Crippen LogP contribution is 2.46. The number of aryl methyl sites for hydroxylation is 2. The van der Waals surface area contributed by atoms with Crippen LogP contribution < -0.4 is 0 Å². The summed E-state index contributed by atoms with van der Waals surface area (Å²) in [6.45, 7) is 8.06. The third-order valence-corrected chi connectivity index (χ3v) is 7.12. The van der Waals surface area contributed by atoms with E-state index in [1.807, 2.05) is 25.7 Å². The fraction of sp³-hybridized carbons (Fsp3) is 0.667. The predicted octanol–water partition coefficient (Wildman–Crippen LogP) is 2.04. The molecule has 26 heavy (non-hydrogen) atoms. The molecule has 7 nitrogen and oxygen atoms in total. The van der Waals surface area contributed by atoms with E-state index in [-0.39, 0.29) is 29.3 Å². The number of amides is 4. The van der Waals surface area contributed by atoms with Crippen LogP contribution in [0.5, 0.6) is 0 Å². The third-order valence-electron chi connectivity index (χ3n) is 6.06. The van der Waals surface area contributed by atoms with Gasteiger partial charge in [-0.2, -0.15) is 0 Å². The van der Waals surface area contributed by atoms with Gasteiger partial charge in [0.25, 0.3) is 11.8 Å². The molecule has 1 atom stereocenters. The minimum Gasteiger partial charge on any atom is -0.338 e. The fourth-order valence-electron chi connectivity index (χ4n) is 4.62. The summed E-state index contributed by atoms with van der Waals surface area (Å²) in [4.78, 5) is 47.7. The first-order valence-electron chi connectivity index (χ1n) is 9.20. The first-order chi connectivity index (χ1) is 12.3. The molecule has 0 saturated carbocycles. The highest BCUT2D eigenvalue weighted by Gasteiger charge is 2.56. The van der Waals surface area contributed by atoms with Crippen molar-refractivity contribution in [3.05, 3.63) is 15.6 Å². The molecular weight excluding hydrogens is 352 g/mol. The van der Waals surface area contributed by atoms with Crippen molar-refractivity contribution < 1.29 is 14.4 Å². The summed E-state index contributed by atoms with van der Waals surface area (Å²) in [5.74, 6) is 0.00870. The van der Waals surface area contributed by atoms with Gasteiger partial charge in [0.15, 0.2) is 0 Å². The quantitative estimate of drug-likeness (QED) is 0.741. The van der Waals surface area contributed by atoms with Crippen LogP contribution in [0.4, 0.5) is 4.79 Å². The lowest BCUT2D eigenvalue weighted by Gasteiger charge is -2.39. The maximum atomic E-state index is 12.8. The molecule has 4 heterocycles. The molecule has 0 aromatic carbocycles. The van der Waals surface area contributed by atoms with Gasteiger partial charge in [0.05, 0.1) is 10.7 Å². The number of likely N-dealkylation sites (tertiary alicyclic amines) is 1. The van der Waals surface area contributed by atoms with Gasteiger partial charge in [-0.1, -0.05) is 0 Å². The Kier molecular flexibility index (Phi) is 4.06. The number of piperidine rings is 1. The maximum absolute atomic E-state index is 12.8. The van der Waals surface area contributed by atoms with Crippen molar-refractivity contribution in [2.75, 3.05) is 26.2 Å². The zero-order chi connectivity index (χ0) is 18.6. The number of urea groups is 1. The lowest BCUT2D eigenvalue weighted by molar-refractivity contribution is -0.128. The Labute approximate surface area is 157 Å². The zero-order valence-electron chi connectivity index (χ0n) is 15.4. The number of rotatable bonds is 2. The summed E-state index contributed by atoms with van der Waals surface area (Å²) in [5.41, 5.74) is 0.779. The highest BCUT2D eigenvalue weighted by atomic mass is 32.1. The Morgan fingerprint density at radius 2 is 1.96 bits per heavy atom. The van der Waals surface area contributed by atoms with Crippen molar-refractivity contribution >= 4 is 29.2 Å². The lowest BCUT2D eigenvalue weighted by atomic mass is 9.76. The van der Waals surface area contributed by atoms with Crippen LogP contribution in [0, 0.1) is 19.3 Å². The van der Waals surface area contributed by atoms with E-state index >= 15 is 0 Å². The topological polar surface area (TPSA) is 73.8 Å². The van der Waals surface area contributed by atoms with Crippen molar-refractivity contribution in [3.8, 4) is 0 Å². The number of nitrogens with zero attached hydrogens (tertiary/aromatic N) is 4. The van der Waals surface area contributed by atoms with Gasteiger partial charge < -0.3 is 9.80 Å². The average molecular weight is 376 g/mol. The number of imide groups is 1. The minimum absolute atomic E-state index is 0.0226. The number of aromatic nitrogens is 1. The molecule has 3 aliphatic rings. The number of thiazole rings is 1. The van der Waals surface area contributed by atoms with Crippen LogP contribution in [0.15, 0.2) is 0 Å². The molecule has 3 aliphatic heterocycles. The van der Waals surface area contributed by atoms with Crippen LogP contribution in [0.3, 0.4) is 0 Å². The normalized spacial score (nSPS) is 24.7. The van der Waals surface area contributed by atoms with E-state index in [1.165, 1.54) is 16.2 Å². The van der Waals surface area contributed by atoms with Crippen LogP contribution >= 0.6 is 11.3 Å². The van der Waals surface area contributed by atoms with Gasteiger partial charge in [-0.15, -0.1) is 11.3 Å². The molecule has 4 amide bonds. The van der Waals surface area contributed by atoms with E-state index < -0.39 is 0 Å². The number of hydrogen-bond donors (Lipinski definition) is 0. The first-order valence-corrected chi connectivity index (χ1v) is 10.0. The van der Waals surface area contributed by atoms with Gasteiger partial charge in [-0.3, -0.25) is 14.5 Å². The Hall–Kier alpha value is -1.96. The Morgan fingerprint density at radius 1 is 1.27 bits per heavy atom. The second kappa shape index (κ2) is 6.04. The van der Waals surface area contributed by atoms with E-state index in [1.54, 1.807) is 4.90 Å². The van der Waals surface area contributed by atoms with Crippen LogP contribution in [0.2, 0.25) is 0 Å². The van der Waals surface area contributed by atoms with Crippen molar-refractivity contribution in [1.82, 2.24) is 19.7 Å². The molecule has 8 heteroatoms. The van der Waals surface area contributed by atoms with Gasteiger partial charge in [0.2, 0.25) is 0 Å². The summed E-state index contributed by atoms with van der Waals surface area (Å²) in [6, 6.07) is -0.440. The van der Waals surface area contributed by atoms with Crippen LogP contribution in [-0.4, -0.2) is 69.8 Å². The minimum atomic E-state index is -0.295. The largest absolute Gasteiger partial charge is 0.338 e. The molecule has 1 spiro atoms. The van der Waals surface area contributed by atoms with Crippen molar-refractivity contribution in [1.29, 1.82) is 0 Å². The monoisotopic (exact) mass is 376 g/mol. The number of fused-ring (bicyclic) bond motifs is 1. The van der Waals surface area contributed by atoms with Gasteiger partial charge in [-0.25, -0.2) is 9.78 Å². The van der Waals surface area contributed by atoms with Gasteiger partial charge in [0, 0.05) is 26.2 Å². The van der Waals surface area contributed by atoms with E-state index in [0.717, 1.165) is 34.8 Å². The Bertz CT molecular complexity index is 755. The lowest BCUT2D eigenvalue weighted by Crippen LogP contribution is -2.45. The molecule has 3 saturated heterocycles. The number of hydrogen-bond acceptors (Lipinski definition) is 5. The van der Waals surface area contributed by atoms with E-state index in [0.29, 0.717) is 26.2 Å². The van der Waals surface area contributed by atoms with Gasteiger partial charge in [0.1, 0.15) is 10.9 Å². The van der Waals surface area contributed by atoms with Crippen molar-refractivity contribution in [2.45, 2.75) is 46.1 Å². The molecule has 1 aromatic heterocycles. The molecule has 1 aromatic rings. The smallest absolute Gasteiger partial charge is 0.327 e. The molecule has 0 N–H and O–H groups in total. The summed E-state index contributed by atoms with van der Waals surface area (Å²) < 4.78 is 0. The van der Waals surface area contributed by atoms with Crippen LogP contribution in [-0.2, 0) is 4.79 Å². The van der Waals surface area contributed by atoms with Gasteiger partial charge >= 0.3 is 6.03 Å². The molecule has 0 bridgehead atoms. The van der Waals surface area contributed by atoms with E-state index in [2.05, 4.69) is 4.98 Å². The Morgan fingerprint density at radius 3 is 2.50 bits per heavy atom. The fourth-order valence-corrected chi connectivity index (χ4v) is 5.51. The number of carbonyl (C=O) groups is 3. The summed E-state index contributed by atoms with van der Waals surface area (Å²) in [6.07, 6.45) is 2.42. The SMILES string of the molecule is CCN1C(=O)C2CC3(CCN(C(=O)c4sc(C)nc4C)CC3)CN2C1=O. The molecule has 0 radical (unpaired) electrons. The van der Waals surface area contributed by atoms with Crippen LogP contribution in [0.25, 0.3) is 0 Å². The number of likely N-dealkylation sites (N-methyl/N-ethyl adjacent to an activating group) is 1. The maximum Gasteiger partial charge on any atom is 0.327 e. The molecule has 3 fully saturated rings. The first kappa shape index (κ1) is 17.5. The summed E-state index contributed by atoms with van der Waals surface area (Å²) >= 11 is 1.45. The second-order valence-electron chi connectivity index (χ2n) is 7.65. The summed E-state index contributed by atoms with van der Waals surface area (Å²) in [7, 11) is 0. The predicted molar refractivity (Wildman–Crippen MR) is 97.1 cm³/mol. The zero-order valence-corrected chi connectivity index (χ0v) is 16.3. The Balaban J connectivity index is 1.43. The van der Waals surface area contributed by atoms with Gasteiger partial charge in [-0.05, 0) is 45.4 Å². The second-order valence-corrected chi connectivity index (χ2v) is 8.86. The van der Waals surface area contributed by atoms with Crippen molar-refractivity contribution in [3.63, 3.8) is 0 Å². The molecule has 1 unspecified atom stereocenters. The summed E-state index contributed by atoms with van der Waals surface area (Å²) in [5, 5.41) is 0.910. The van der Waals surface area contributed by atoms with Crippen molar-refractivity contribution in [2.24, 2.45) is 5.41 Å². The molecular formula is C18H24N4O3S. The number of carbonyl (C=O) groups excluding carboxylic acids is 3. The third kappa shape index (κ3) is 2.53. The van der Waals surface area contributed by atoms with Crippen LogP contribution in [0.1, 0.15) is 46.6 Å². The highest BCUT2D eigenvalue weighted by molar-refractivity contribution is 7.13. The van der Waals surface area contributed by atoms with E-state index in [4.69, 9.17) is 0 Å². The standard InChI is InChI=1S/C18H24N4O3S/c1-4-21-15(23)13-9-18(10-22(13)17(21)25)5-7-20(8-6-18)16(24)14-11(2)19-12(3)26-14/h13H,4-10H2,1-3H3. The molecule has 4 rings (SSSR count). The van der Waals surface area contributed by atoms with E-state index in [9.17, 15) is 14.4 Å². The molecule has 140 valence electrons. The molecule has 0 aliphatic carbocycles.